The third-order valence-corrected chi connectivity index (χ3v) is 4.20. The molecule has 0 radical (unpaired) electrons. The Morgan fingerprint density at radius 3 is 2.94 bits per heavy atom. The fourth-order valence-corrected chi connectivity index (χ4v) is 3.53. The van der Waals surface area contributed by atoms with E-state index in [-0.39, 0.29) is 6.10 Å². The molecule has 17 heavy (non-hydrogen) atoms. The van der Waals surface area contributed by atoms with Crippen LogP contribution in [0.25, 0.3) is 0 Å². The van der Waals surface area contributed by atoms with Crippen molar-refractivity contribution in [2.75, 3.05) is 12.4 Å². The summed E-state index contributed by atoms with van der Waals surface area (Å²) in [7, 11) is 1.76. The van der Waals surface area contributed by atoms with Crippen LogP contribution in [0.1, 0.15) is 38.4 Å². The predicted molar refractivity (Wildman–Crippen MR) is 75.1 cm³/mol. The van der Waals surface area contributed by atoms with Gasteiger partial charge < -0.3 is 10.1 Å². The molecule has 0 saturated heterocycles. The first kappa shape index (κ1) is 13.1. The summed E-state index contributed by atoms with van der Waals surface area (Å²) in [5, 5.41) is 4.69. The number of rotatable bonds is 4. The van der Waals surface area contributed by atoms with Crippen LogP contribution < -0.4 is 5.32 Å². The molecule has 1 aromatic carbocycles. The van der Waals surface area contributed by atoms with E-state index in [9.17, 15) is 0 Å². The standard InChI is InChI=1S/C13H18ClNOS/c1-4-5-11(16-3)10-6-9(14)7-12-13(10)15-8(2)17-12/h6-8,11,15H,4-5H2,1-3H3. The molecule has 94 valence electrons. The van der Waals surface area contributed by atoms with Crippen LogP contribution in [0, 0.1) is 0 Å². The fraction of sp³-hybridized carbons (Fsp3) is 0.538. The highest BCUT2D eigenvalue weighted by Crippen LogP contribution is 2.45. The normalized spacial score (nSPS) is 19.9. The lowest BCUT2D eigenvalue weighted by Crippen LogP contribution is -2.08. The van der Waals surface area contributed by atoms with Crippen LogP contribution in [0.4, 0.5) is 5.69 Å². The van der Waals surface area contributed by atoms with Gasteiger partial charge in [-0.3, -0.25) is 0 Å². The Labute approximate surface area is 112 Å². The van der Waals surface area contributed by atoms with Crippen LogP contribution in [0.5, 0.6) is 0 Å². The number of hydrogen-bond acceptors (Lipinski definition) is 3. The molecule has 1 aliphatic rings. The largest absolute Gasteiger partial charge is 0.377 e. The molecular formula is C13H18ClNOS. The first-order valence-electron chi connectivity index (χ1n) is 5.95. The average molecular weight is 272 g/mol. The van der Waals surface area contributed by atoms with Crippen molar-refractivity contribution in [3.05, 3.63) is 22.7 Å². The van der Waals surface area contributed by atoms with E-state index in [1.165, 1.54) is 16.1 Å². The van der Waals surface area contributed by atoms with Crippen molar-refractivity contribution in [1.29, 1.82) is 0 Å². The van der Waals surface area contributed by atoms with Gasteiger partial charge in [0.25, 0.3) is 0 Å². The van der Waals surface area contributed by atoms with E-state index in [1.54, 1.807) is 7.11 Å². The summed E-state index contributed by atoms with van der Waals surface area (Å²) in [5.74, 6) is 0. The quantitative estimate of drug-likeness (QED) is 0.858. The monoisotopic (exact) mass is 271 g/mol. The van der Waals surface area contributed by atoms with Crippen molar-refractivity contribution in [3.8, 4) is 0 Å². The molecule has 0 fully saturated rings. The molecule has 1 aromatic rings. The summed E-state index contributed by atoms with van der Waals surface area (Å²) < 4.78 is 5.58. The molecule has 0 bridgehead atoms. The molecule has 0 amide bonds. The van der Waals surface area contributed by atoms with E-state index < -0.39 is 0 Å². The van der Waals surface area contributed by atoms with Crippen LogP contribution in [-0.2, 0) is 4.74 Å². The Morgan fingerprint density at radius 2 is 2.29 bits per heavy atom. The number of halogens is 1. The van der Waals surface area contributed by atoms with E-state index in [4.69, 9.17) is 16.3 Å². The maximum atomic E-state index is 6.18. The minimum atomic E-state index is 0.130. The molecule has 0 aliphatic carbocycles. The van der Waals surface area contributed by atoms with Gasteiger partial charge in [0.2, 0.25) is 0 Å². The molecule has 4 heteroatoms. The van der Waals surface area contributed by atoms with Crippen LogP contribution in [0.3, 0.4) is 0 Å². The summed E-state index contributed by atoms with van der Waals surface area (Å²) in [6.07, 6.45) is 2.25. The van der Waals surface area contributed by atoms with Crippen LogP contribution in [0.2, 0.25) is 5.02 Å². The molecule has 0 spiro atoms. The molecule has 1 aliphatic heterocycles. The Bertz CT molecular complexity index is 411. The SMILES string of the molecule is CCCC(OC)c1cc(Cl)cc2c1NC(C)S2. The third kappa shape index (κ3) is 2.72. The number of anilines is 1. The fourth-order valence-electron chi connectivity index (χ4n) is 2.19. The van der Waals surface area contributed by atoms with E-state index >= 15 is 0 Å². The average Bonchev–Trinajstić information content (AvgIpc) is 2.65. The summed E-state index contributed by atoms with van der Waals surface area (Å²) in [4.78, 5) is 1.23. The van der Waals surface area contributed by atoms with Gasteiger partial charge in [-0.15, -0.1) is 0 Å². The molecule has 2 unspecified atom stereocenters. The van der Waals surface area contributed by atoms with Gasteiger partial charge >= 0.3 is 0 Å². The maximum Gasteiger partial charge on any atom is 0.0841 e. The zero-order valence-electron chi connectivity index (χ0n) is 10.4. The minimum Gasteiger partial charge on any atom is -0.377 e. The van der Waals surface area contributed by atoms with Crippen LogP contribution in [0.15, 0.2) is 17.0 Å². The topological polar surface area (TPSA) is 21.3 Å². The zero-order chi connectivity index (χ0) is 12.4. The Hall–Kier alpha value is -0.380. The highest BCUT2D eigenvalue weighted by molar-refractivity contribution is 8.00. The van der Waals surface area contributed by atoms with Gasteiger partial charge in [0.1, 0.15) is 0 Å². The van der Waals surface area contributed by atoms with E-state index in [0.717, 1.165) is 17.9 Å². The number of ether oxygens (including phenoxy) is 1. The lowest BCUT2D eigenvalue weighted by molar-refractivity contribution is 0.0954. The highest BCUT2D eigenvalue weighted by Gasteiger charge is 2.25. The summed E-state index contributed by atoms with van der Waals surface area (Å²) in [5.41, 5.74) is 2.39. The maximum absolute atomic E-state index is 6.18. The van der Waals surface area contributed by atoms with Crippen LogP contribution >= 0.6 is 23.4 Å². The predicted octanol–water partition coefficient (Wildman–Crippen LogP) is 4.69. The van der Waals surface area contributed by atoms with Crippen molar-refractivity contribution in [3.63, 3.8) is 0 Å². The van der Waals surface area contributed by atoms with Crippen molar-refractivity contribution >= 4 is 29.1 Å². The van der Waals surface area contributed by atoms with Gasteiger partial charge in [-0.05, 0) is 25.5 Å². The Kier molecular flexibility index (Phi) is 4.23. The number of benzene rings is 1. The zero-order valence-corrected chi connectivity index (χ0v) is 12.0. The molecular weight excluding hydrogens is 254 g/mol. The lowest BCUT2D eigenvalue weighted by Gasteiger charge is -2.19. The summed E-state index contributed by atoms with van der Waals surface area (Å²) in [6.45, 7) is 4.32. The van der Waals surface area contributed by atoms with Gasteiger partial charge in [0, 0.05) is 22.6 Å². The molecule has 2 atom stereocenters. The summed E-state index contributed by atoms with van der Waals surface area (Å²) >= 11 is 7.99. The van der Waals surface area contributed by atoms with Gasteiger partial charge in [0.15, 0.2) is 0 Å². The molecule has 1 N–H and O–H groups in total. The van der Waals surface area contributed by atoms with Gasteiger partial charge in [-0.25, -0.2) is 0 Å². The van der Waals surface area contributed by atoms with Crippen molar-refractivity contribution in [2.45, 2.75) is 43.1 Å². The van der Waals surface area contributed by atoms with Crippen molar-refractivity contribution in [1.82, 2.24) is 0 Å². The number of methoxy groups -OCH3 is 1. The number of fused-ring (bicyclic) bond motifs is 1. The van der Waals surface area contributed by atoms with Gasteiger partial charge in [0.05, 0.1) is 17.2 Å². The highest BCUT2D eigenvalue weighted by atomic mass is 35.5. The molecule has 0 aromatic heterocycles. The number of nitrogens with one attached hydrogen (secondary N) is 1. The number of thioether (sulfide) groups is 1. The smallest absolute Gasteiger partial charge is 0.0841 e. The second-order valence-corrected chi connectivity index (χ2v) is 6.10. The second-order valence-electron chi connectivity index (χ2n) is 4.29. The second kappa shape index (κ2) is 5.51. The molecule has 0 saturated carbocycles. The van der Waals surface area contributed by atoms with Crippen molar-refractivity contribution in [2.24, 2.45) is 0 Å². The summed E-state index contributed by atoms with van der Waals surface area (Å²) in [6, 6.07) is 4.05. The van der Waals surface area contributed by atoms with E-state index in [1.807, 2.05) is 23.9 Å². The number of hydrogen-bond donors (Lipinski definition) is 1. The van der Waals surface area contributed by atoms with Gasteiger partial charge in [-0.2, -0.15) is 0 Å². The Morgan fingerprint density at radius 1 is 1.53 bits per heavy atom. The van der Waals surface area contributed by atoms with E-state index in [0.29, 0.717) is 5.37 Å². The molecule has 2 nitrogen and oxygen atoms in total. The third-order valence-electron chi connectivity index (χ3n) is 2.93. The lowest BCUT2D eigenvalue weighted by atomic mass is 10.0. The Balaban J connectivity index is 2.40. The molecule has 1 heterocycles. The first-order chi connectivity index (χ1) is 8.15. The van der Waals surface area contributed by atoms with E-state index in [2.05, 4.69) is 19.2 Å². The minimum absolute atomic E-state index is 0.130. The van der Waals surface area contributed by atoms with Crippen LogP contribution in [-0.4, -0.2) is 12.5 Å². The first-order valence-corrected chi connectivity index (χ1v) is 7.21. The van der Waals surface area contributed by atoms with Crippen molar-refractivity contribution < 1.29 is 4.74 Å². The van der Waals surface area contributed by atoms with Gasteiger partial charge in [-0.1, -0.05) is 36.7 Å². The molecule has 2 rings (SSSR count).